The van der Waals surface area contributed by atoms with Gasteiger partial charge in [-0.1, -0.05) is 20.3 Å². The number of carbonyl (C=O) groups is 1. The molecular formula is C12H15BrFNO. The van der Waals surface area contributed by atoms with Crippen LogP contribution in [0.1, 0.15) is 30.6 Å². The van der Waals surface area contributed by atoms with Gasteiger partial charge in [-0.05, 0) is 40.0 Å². The van der Waals surface area contributed by atoms with Crippen LogP contribution in [0, 0.1) is 11.7 Å². The van der Waals surface area contributed by atoms with Crippen LogP contribution in [0.15, 0.2) is 22.7 Å². The Morgan fingerprint density at radius 1 is 1.56 bits per heavy atom. The van der Waals surface area contributed by atoms with E-state index < -0.39 is 0 Å². The molecule has 1 rings (SSSR count). The second-order valence-corrected chi connectivity index (χ2v) is 4.71. The third kappa shape index (κ3) is 3.59. The molecule has 0 aliphatic carbocycles. The maximum atomic E-state index is 13.0. The minimum Gasteiger partial charge on any atom is -0.352 e. The summed E-state index contributed by atoms with van der Waals surface area (Å²) in [6, 6.07) is 4.25. The lowest BCUT2D eigenvalue weighted by Gasteiger charge is -2.10. The van der Waals surface area contributed by atoms with Crippen LogP contribution in [-0.2, 0) is 0 Å². The normalized spacial score (nSPS) is 12.2. The first kappa shape index (κ1) is 13.2. The average molecular weight is 288 g/mol. The predicted octanol–water partition coefficient (Wildman–Crippen LogP) is 3.36. The van der Waals surface area contributed by atoms with Crippen LogP contribution in [0.25, 0.3) is 0 Å². The maximum absolute atomic E-state index is 13.0. The van der Waals surface area contributed by atoms with E-state index in [2.05, 4.69) is 35.1 Å². The van der Waals surface area contributed by atoms with Crippen molar-refractivity contribution < 1.29 is 9.18 Å². The van der Waals surface area contributed by atoms with E-state index in [1.807, 2.05) is 0 Å². The van der Waals surface area contributed by atoms with Crippen molar-refractivity contribution in [3.63, 3.8) is 0 Å². The topological polar surface area (TPSA) is 29.1 Å². The predicted molar refractivity (Wildman–Crippen MR) is 65.9 cm³/mol. The monoisotopic (exact) mass is 287 g/mol. The molecule has 0 radical (unpaired) electrons. The van der Waals surface area contributed by atoms with E-state index in [9.17, 15) is 9.18 Å². The Kier molecular flexibility index (Phi) is 4.93. The Hall–Kier alpha value is -0.900. The zero-order valence-electron chi connectivity index (χ0n) is 9.39. The molecule has 0 bridgehead atoms. The molecule has 1 aromatic rings. The van der Waals surface area contributed by atoms with Crippen LogP contribution in [0.5, 0.6) is 0 Å². The Morgan fingerprint density at radius 2 is 2.25 bits per heavy atom. The summed E-state index contributed by atoms with van der Waals surface area (Å²) in [5.74, 6) is -0.0766. The van der Waals surface area contributed by atoms with Crippen LogP contribution in [0.4, 0.5) is 4.39 Å². The Labute approximate surface area is 103 Å². The Bertz CT molecular complexity index is 381. The molecule has 1 atom stereocenters. The van der Waals surface area contributed by atoms with Crippen molar-refractivity contribution in [2.75, 3.05) is 6.54 Å². The molecular weight excluding hydrogens is 273 g/mol. The SMILES string of the molecule is CCC(C)CNC(=O)c1ccc(F)c(Br)c1. The largest absolute Gasteiger partial charge is 0.352 e. The van der Waals surface area contributed by atoms with E-state index in [4.69, 9.17) is 0 Å². The zero-order chi connectivity index (χ0) is 12.1. The number of carbonyl (C=O) groups excluding carboxylic acids is 1. The fraction of sp³-hybridized carbons (Fsp3) is 0.417. The average Bonchev–Trinajstić information content (AvgIpc) is 2.29. The number of amides is 1. The quantitative estimate of drug-likeness (QED) is 0.904. The molecule has 0 saturated carbocycles. The summed E-state index contributed by atoms with van der Waals surface area (Å²) < 4.78 is 13.3. The molecule has 2 nitrogen and oxygen atoms in total. The molecule has 0 aliphatic rings. The lowest BCUT2D eigenvalue weighted by Crippen LogP contribution is -2.28. The lowest BCUT2D eigenvalue weighted by molar-refractivity contribution is 0.0947. The third-order valence-corrected chi connectivity index (χ3v) is 3.10. The fourth-order valence-electron chi connectivity index (χ4n) is 1.15. The van der Waals surface area contributed by atoms with Crippen LogP contribution >= 0.6 is 15.9 Å². The highest BCUT2D eigenvalue weighted by atomic mass is 79.9. The first-order valence-electron chi connectivity index (χ1n) is 5.27. The molecule has 1 amide bonds. The first-order chi connectivity index (χ1) is 7.54. The summed E-state index contributed by atoms with van der Waals surface area (Å²) >= 11 is 3.05. The summed E-state index contributed by atoms with van der Waals surface area (Å²) in [6.45, 7) is 4.79. The van der Waals surface area contributed by atoms with E-state index in [0.29, 0.717) is 22.5 Å². The van der Waals surface area contributed by atoms with Gasteiger partial charge in [-0.15, -0.1) is 0 Å². The lowest BCUT2D eigenvalue weighted by atomic mass is 10.1. The van der Waals surface area contributed by atoms with Crippen LogP contribution < -0.4 is 5.32 Å². The summed E-state index contributed by atoms with van der Waals surface area (Å²) in [6.07, 6.45) is 1.02. The smallest absolute Gasteiger partial charge is 0.251 e. The molecule has 1 unspecified atom stereocenters. The molecule has 0 fully saturated rings. The van der Waals surface area contributed by atoms with Crippen LogP contribution in [-0.4, -0.2) is 12.5 Å². The second kappa shape index (κ2) is 5.99. The van der Waals surface area contributed by atoms with Crippen molar-refractivity contribution >= 4 is 21.8 Å². The number of benzene rings is 1. The molecule has 0 saturated heterocycles. The van der Waals surface area contributed by atoms with Gasteiger partial charge in [0.2, 0.25) is 0 Å². The maximum Gasteiger partial charge on any atom is 0.251 e. The number of nitrogens with one attached hydrogen (secondary N) is 1. The van der Waals surface area contributed by atoms with E-state index >= 15 is 0 Å². The molecule has 0 aliphatic heterocycles. The molecule has 4 heteroatoms. The van der Waals surface area contributed by atoms with Gasteiger partial charge in [-0.2, -0.15) is 0 Å². The van der Waals surface area contributed by atoms with E-state index in [1.54, 1.807) is 0 Å². The minimum atomic E-state index is -0.363. The summed E-state index contributed by atoms with van der Waals surface area (Å²) in [5, 5.41) is 2.81. The molecule has 1 N–H and O–H groups in total. The molecule has 0 spiro atoms. The number of halogens is 2. The van der Waals surface area contributed by atoms with Gasteiger partial charge in [0.05, 0.1) is 4.47 Å². The highest BCUT2D eigenvalue weighted by molar-refractivity contribution is 9.10. The summed E-state index contributed by atoms with van der Waals surface area (Å²) in [7, 11) is 0. The minimum absolute atomic E-state index is 0.166. The van der Waals surface area contributed by atoms with Crippen molar-refractivity contribution in [2.24, 2.45) is 5.92 Å². The van der Waals surface area contributed by atoms with Gasteiger partial charge in [0, 0.05) is 12.1 Å². The van der Waals surface area contributed by atoms with Crippen molar-refractivity contribution in [3.05, 3.63) is 34.1 Å². The van der Waals surface area contributed by atoms with Gasteiger partial charge in [0.25, 0.3) is 5.91 Å². The molecule has 0 aromatic heterocycles. The van der Waals surface area contributed by atoms with Crippen molar-refractivity contribution in [2.45, 2.75) is 20.3 Å². The molecule has 16 heavy (non-hydrogen) atoms. The number of hydrogen-bond acceptors (Lipinski definition) is 1. The highest BCUT2D eigenvalue weighted by Gasteiger charge is 2.09. The van der Waals surface area contributed by atoms with Crippen molar-refractivity contribution in [1.29, 1.82) is 0 Å². The van der Waals surface area contributed by atoms with Gasteiger partial charge < -0.3 is 5.32 Å². The summed E-state index contributed by atoms with van der Waals surface area (Å²) in [4.78, 5) is 11.7. The van der Waals surface area contributed by atoms with Gasteiger partial charge in [-0.3, -0.25) is 4.79 Å². The first-order valence-corrected chi connectivity index (χ1v) is 6.07. The Morgan fingerprint density at radius 3 is 2.81 bits per heavy atom. The van der Waals surface area contributed by atoms with Gasteiger partial charge in [0.1, 0.15) is 5.82 Å². The van der Waals surface area contributed by atoms with Crippen molar-refractivity contribution in [1.82, 2.24) is 5.32 Å². The van der Waals surface area contributed by atoms with Gasteiger partial charge in [-0.25, -0.2) is 4.39 Å². The molecule has 88 valence electrons. The second-order valence-electron chi connectivity index (χ2n) is 3.85. The van der Waals surface area contributed by atoms with Crippen LogP contribution in [0.2, 0.25) is 0 Å². The molecule has 1 aromatic carbocycles. The fourth-order valence-corrected chi connectivity index (χ4v) is 1.53. The standard InChI is InChI=1S/C12H15BrFNO/c1-3-8(2)7-15-12(16)9-4-5-11(14)10(13)6-9/h4-6,8H,3,7H2,1-2H3,(H,15,16). The van der Waals surface area contributed by atoms with Crippen molar-refractivity contribution in [3.8, 4) is 0 Å². The van der Waals surface area contributed by atoms with Gasteiger partial charge in [0.15, 0.2) is 0 Å². The van der Waals surface area contributed by atoms with E-state index in [0.717, 1.165) is 6.42 Å². The zero-order valence-corrected chi connectivity index (χ0v) is 11.0. The van der Waals surface area contributed by atoms with E-state index in [1.165, 1.54) is 18.2 Å². The van der Waals surface area contributed by atoms with Crippen LogP contribution in [0.3, 0.4) is 0 Å². The van der Waals surface area contributed by atoms with Gasteiger partial charge >= 0.3 is 0 Å². The Balaban J connectivity index is 2.63. The summed E-state index contributed by atoms with van der Waals surface area (Å²) in [5.41, 5.74) is 0.469. The number of rotatable bonds is 4. The molecule has 0 heterocycles. The van der Waals surface area contributed by atoms with E-state index in [-0.39, 0.29) is 11.7 Å². The third-order valence-electron chi connectivity index (χ3n) is 2.49. The number of hydrogen-bond donors (Lipinski definition) is 1. The highest BCUT2D eigenvalue weighted by Crippen LogP contribution is 2.16.